The largest absolute Gasteiger partial charge is 0.459 e. The van der Waals surface area contributed by atoms with E-state index in [0.29, 0.717) is 50.6 Å². The van der Waals surface area contributed by atoms with E-state index in [1.807, 2.05) is 35.2 Å². The second-order valence-electron chi connectivity index (χ2n) is 10.5. The normalized spacial score (nSPS) is 15.2. The number of aliphatic imine (C=N–C) groups is 2. The molecule has 0 aliphatic rings. The van der Waals surface area contributed by atoms with E-state index in [2.05, 4.69) is 9.98 Å². The van der Waals surface area contributed by atoms with Gasteiger partial charge >= 0.3 is 5.97 Å². The van der Waals surface area contributed by atoms with Crippen LogP contribution in [0.2, 0.25) is 0 Å². The molecule has 0 bridgehead atoms. The molecular formula is C27H47N7O5. The van der Waals surface area contributed by atoms with E-state index in [9.17, 15) is 9.59 Å². The number of amides is 1. The summed E-state index contributed by atoms with van der Waals surface area (Å²) in [6.07, 6.45) is 3.86. The third kappa shape index (κ3) is 13.0. The SMILES string of the molecule is CC(=NCCCCC(C)(N)C(=O)OCc1cccc(CN(C)C(=O)C(C)(N)CCCCN=C(C)NO)c1)NO. The highest BCUT2D eigenvalue weighted by molar-refractivity contribution is 5.85. The lowest BCUT2D eigenvalue weighted by Gasteiger charge is -2.29. The van der Waals surface area contributed by atoms with Crippen LogP contribution in [0.1, 0.15) is 77.3 Å². The molecule has 0 saturated heterocycles. The van der Waals surface area contributed by atoms with Crippen molar-refractivity contribution in [2.75, 3.05) is 20.1 Å². The Balaban J connectivity index is 2.56. The number of rotatable bonds is 16. The highest BCUT2D eigenvalue weighted by Gasteiger charge is 2.31. The smallest absolute Gasteiger partial charge is 0.326 e. The molecule has 0 aliphatic carbocycles. The molecule has 1 aromatic carbocycles. The third-order valence-electron chi connectivity index (χ3n) is 6.31. The Morgan fingerprint density at radius 2 is 1.44 bits per heavy atom. The maximum absolute atomic E-state index is 13.0. The quantitative estimate of drug-likeness (QED) is 0.0591. The van der Waals surface area contributed by atoms with Gasteiger partial charge in [0, 0.05) is 26.7 Å². The van der Waals surface area contributed by atoms with Gasteiger partial charge in [0.15, 0.2) is 0 Å². The Hall–Kier alpha value is -3.06. The first-order valence-corrected chi connectivity index (χ1v) is 13.2. The van der Waals surface area contributed by atoms with Crippen molar-refractivity contribution < 1.29 is 24.7 Å². The number of hydroxylamine groups is 2. The van der Waals surface area contributed by atoms with Crippen LogP contribution in [0.4, 0.5) is 0 Å². The number of nitrogens with two attached hydrogens (primary N) is 2. The van der Waals surface area contributed by atoms with Crippen LogP contribution in [0.5, 0.6) is 0 Å². The number of hydrogen-bond donors (Lipinski definition) is 6. The van der Waals surface area contributed by atoms with Gasteiger partial charge in [0.05, 0.1) is 5.54 Å². The van der Waals surface area contributed by atoms with Crippen molar-refractivity contribution in [3.05, 3.63) is 35.4 Å². The Morgan fingerprint density at radius 3 is 1.97 bits per heavy atom. The van der Waals surface area contributed by atoms with Crippen molar-refractivity contribution in [3.63, 3.8) is 0 Å². The monoisotopic (exact) mass is 549 g/mol. The molecule has 0 heterocycles. The summed E-state index contributed by atoms with van der Waals surface area (Å²) in [5, 5.41) is 17.5. The van der Waals surface area contributed by atoms with Crippen molar-refractivity contribution in [2.45, 2.75) is 90.4 Å². The summed E-state index contributed by atoms with van der Waals surface area (Å²) in [5.74, 6) is 0.234. The van der Waals surface area contributed by atoms with Crippen LogP contribution in [-0.2, 0) is 27.5 Å². The first-order valence-electron chi connectivity index (χ1n) is 13.2. The van der Waals surface area contributed by atoms with E-state index in [0.717, 1.165) is 30.4 Å². The molecule has 12 nitrogen and oxygen atoms in total. The van der Waals surface area contributed by atoms with Gasteiger partial charge in [-0.2, -0.15) is 0 Å². The van der Waals surface area contributed by atoms with Gasteiger partial charge in [-0.1, -0.05) is 24.3 Å². The number of nitrogens with one attached hydrogen (secondary N) is 2. The standard InChI is InChI=1S/C27H47N7O5/c1-20(32-37)30-15-8-6-13-26(3,28)24(35)34(5)18-22-11-10-12-23(17-22)19-39-25(36)27(4,29)14-7-9-16-31-21(2)33-38/h10-12,17,37-38H,6-9,13-16,18-19,28-29H2,1-5H3,(H,30,32)(H,31,33). The first-order chi connectivity index (χ1) is 18.3. The predicted octanol–water partition coefficient (Wildman–Crippen LogP) is 2.26. The number of carbonyl (C=O) groups is 2. The van der Waals surface area contributed by atoms with Crippen LogP contribution in [0.15, 0.2) is 34.3 Å². The maximum atomic E-state index is 13.0. The molecule has 1 amide bonds. The summed E-state index contributed by atoms with van der Waals surface area (Å²) in [5.41, 5.74) is 16.1. The molecule has 0 spiro atoms. The van der Waals surface area contributed by atoms with Gasteiger partial charge in [0.2, 0.25) is 5.91 Å². The van der Waals surface area contributed by atoms with Crippen molar-refractivity contribution >= 4 is 23.5 Å². The minimum Gasteiger partial charge on any atom is -0.459 e. The number of benzene rings is 1. The van der Waals surface area contributed by atoms with Crippen LogP contribution < -0.4 is 22.4 Å². The van der Waals surface area contributed by atoms with Crippen LogP contribution >= 0.6 is 0 Å². The fraction of sp³-hybridized carbons (Fsp3) is 0.630. The average Bonchev–Trinajstić information content (AvgIpc) is 2.90. The van der Waals surface area contributed by atoms with Gasteiger partial charge < -0.3 is 21.1 Å². The lowest BCUT2D eigenvalue weighted by atomic mass is 9.94. The summed E-state index contributed by atoms with van der Waals surface area (Å²) in [6, 6.07) is 7.50. The minimum absolute atomic E-state index is 0.0745. The Kier molecular flexibility index (Phi) is 14.6. The molecule has 2 unspecified atom stereocenters. The first kappa shape index (κ1) is 34.0. The minimum atomic E-state index is -1.12. The van der Waals surface area contributed by atoms with E-state index in [-0.39, 0.29) is 12.5 Å². The Labute approximate surface area is 231 Å². The fourth-order valence-corrected chi connectivity index (χ4v) is 3.89. The topological polar surface area (TPSA) is 188 Å². The average molecular weight is 550 g/mol. The fourth-order valence-electron chi connectivity index (χ4n) is 3.89. The number of amidine groups is 2. The summed E-state index contributed by atoms with van der Waals surface area (Å²) in [4.78, 5) is 35.4. The third-order valence-corrected chi connectivity index (χ3v) is 6.31. The molecule has 0 radical (unpaired) electrons. The number of hydrogen-bond acceptors (Lipinski definition) is 9. The van der Waals surface area contributed by atoms with Gasteiger partial charge in [0.1, 0.15) is 23.8 Å². The van der Waals surface area contributed by atoms with E-state index in [1.54, 1.807) is 39.6 Å². The van der Waals surface area contributed by atoms with Crippen molar-refractivity contribution in [1.82, 2.24) is 15.9 Å². The maximum Gasteiger partial charge on any atom is 0.326 e. The molecule has 2 atom stereocenters. The number of esters is 1. The van der Waals surface area contributed by atoms with Crippen molar-refractivity contribution in [3.8, 4) is 0 Å². The second-order valence-corrected chi connectivity index (χ2v) is 10.5. The highest BCUT2D eigenvalue weighted by Crippen LogP contribution is 2.18. The van der Waals surface area contributed by atoms with Gasteiger partial charge in [-0.3, -0.25) is 40.9 Å². The predicted molar refractivity (Wildman–Crippen MR) is 151 cm³/mol. The zero-order valence-corrected chi connectivity index (χ0v) is 24.0. The molecule has 0 aromatic heterocycles. The van der Waals surface area contributed by atoms with Gasteiger partial charge in [0.25, 0.3) is 0 Å². The molecule has 0 fully saturated rings. The zero-order chi connectivity index (χ0) is 29.5. The van der Waals surface area contributed by atoms with Gasteiger partial charge in [-0.05, 0) is 77.3 Å². The number of unbranched alkanes of at least 4 members (excludes halogenated alkanes) is 2. The molecule has 0 aliphatic heterocycles. The van der Waals surface area contributed by atoms with Crippen LogP contribution in [0, 0.1) is 0 Å². The lowest BCUT2D eigenvalue weighted by molar-refractivity contribution is -0.151. The second kappa shape index (κ2) is 16.8. The summed E-state index contributed by atoms with van der Waals surface area (Å²) >= 11 is 0. The Morgan fingerprint density at radius 1 is 0.923 bits per heavy atom. The molecule has 1 rings (SSSR count). The van der Waals surface area contributed by atoms with Crippen LogP contribution in [0.3, 0.4) is 0 Å². The van der Waals surface area contributed by atoms with E-state index in [1.165, 1.54) is 0 Å². The van der Waals surface area contributed by atoms with E-state index >= 15 is 0 Å². The number of ether oxygens (including phenoxy) is 1. The highest BCUT2D eigenvalue weighted by atomic mass is 16.5. The molecule has 39 heavy (non-hydrogen) atoms. The molecule has 1 aromatic rings. The number of likely N-dealkylation sites (N-methyl/N-ethyl adjacent to an activating group) is 1. The van der Waals surface area contributed by atoms with Gasteiger partial charge in [-0.25, -0.2) is 0 Å². The van der Waals surface area contributed by atoms with E-state index < -0.39 is 17.0 Å². The van der Waals surface area contributed by atoms with Crippen LogP contribution in [0.25, 0.3) is 0 Å². The molecular weight excluding hydrogens is 502 g/mol. The summed E-state index contributed by atoms with van der Waals surface area (Å²) in [6.45, 7) is 8.21. The molecule has 12 heteroatoms. The number of nitrogens with zero attached hydrogens (tertiary/aromatic N) is 3. The summed E-state index contributed by atoms with van der Waals surface area (Å²) < 4.78 is 5.49. The summed E-state index contributed by atoms with van der Waals surface area (Å²) in [7, 11) is 1.72. The molecule has 220 valence electrons. The zero-order valence-electron chi connectivity index (χ0n) is 24.0. The van der Waals surface area contributed by atoms with Crippen LogP contribution in [-0.4, -0.2) is 70.1 Å². The van der Waals surface area contributed by atoms with Gasteiger partial charge in [-0.15, -0.1) is 0 Å². The Bertz CT molecular complexity index is 979. The molecule has 0 saturated carbocycles. The van der Waals surface area contributed by atoms with E-state index in [4.69, 9.17) is 26.6 Å². The lowest BCUT2D eigenvalue weighted by Crippen LogP contribution is -2.51. The van der Waals surface area contributed by atoms with Crippen molar-refractivity contribution in [2.24, 2.45) is 21.5 Å². The number of carbonyl (C=O) groups excluding carboxylic acids is 2. The molecule has 8 N–H and O–H groups in total. The van der Waals surface area contributed by atoms with Crippen molar-refractivity contribution in [1.29, 1.82) is 0 Å².